The third-order valence-electron chi connectivity index (χ3n) is 10.4. The number of nitrogens with zero attached hydrogens (tertiary/aromatic N) is 4. The Morgan fingerprint density at radius 2 is 1.73 bits per heavy atom. The van der Waals surface area contributed by atoms with Gasteiger partial charge in [0.25, 0.3) is 11.5 Å². The van der Waals surface area contributed by atoms with Gasteiger partial charge in [0.05, 0.1) is 23.7 Å². The molecule has 0 saturated carbocycles. The standard InChI is InChI=1S/C47H58ClN7O7/c1-31-18-19-33(44(56)49-20-21-53(6)7)26-38(31)54-32(2)25-39(43(48)45(54)57)62-30-35-14-9-8-13-34(35)29-50-46(58)51-41-28-40(47(3,4)5)52-55(41)36-15-12-16-37(27-36)59-23-24-61-42-17-10-11-22-60-42/h8-9,12-16,18-19,25-28,42H,10-11,17,20-24,29-30H2,1-7H3,(H,49,56)(H2,50,51,58). The van der Waals surface area contributed by atoms with Crippen LogP contribution in [0.25, 0.3) is 11.4 Å². The molecule has 1 aliphatic heterocycles. The summed E-state index contributed by atoms with van der Waals surface area (Å²) < 4.78 is 26.8. The number of carbonyl (C=O) groups excluding carboxylic acids is 2. The molecule has 1 aliphatic rings. The van der Waals surface area contributed by atoms with Gasteiger partial charge in [-0.1, -0.05) is 68.8 Å². The molecule has 62 heavy (non-hydrogen) atoms. The third-order valence-corrected chi connectivity index (χ3v) is 10.7. The molecule has 3 heterocycles. The summed E-state index contributed by atoms with van der Waals surface area (Å²) >= 11 is 6.68. The molecule has 0 bridgehead atoms. The summed E-state index contributed by atoms with van der Waals surface area (Å²) in [4.78, 5) is 42.1. The van der Waals surface area contributed by atoms with E-state index in [1.165, 1.54) is 4.57 Å². The second-order valence-electron chi connectivity index (χ2n) is 16.6. The Labute approximate surface area is 368 Å². The molecule has 1 fully saturated rings. The predicted molar refractivity (Wildman–Crippen MR) is 241 cm³/mol. The van der Waals surface area contributed by atoms with Crippen LogP contribution in [0.5, 0.6) is 11.5 Å². The van der Waals surface area contributed by atoms with Crippen molar-refractivity contribution in [2.24, 2.45) is 0 Å². The number of hydrogen-bond donors (Lipinski definition) is 3. The monoisotopic (exact) mass is 867 g/mol. The van der Waals surface area contributed by atoms with E-state index in [9.17, 15) is 14.4 Å². The molecule has 3 N–H and O–H groups in total. The van der Waals surface area contributed by atoms with Crippen LogP contribution in [0.4, 0.5) is 10.6 Å². The molecule has 0 aliphatic carbocycles. The molecule has 5 aromatic rings. The predicted octanol–water partition coefficient (Wildman–Crippen LogP) is 7.71. The normalized spacial score (nSPS) is 14.1. The fraction of sp³-hybridized carbons (Fsp3) is 0.404. The molecule has 330 valence electrons. The van der Waals surface area contributed by atoms with Crippen LogP contribution in [-0.2, 0) is 28.0 Å². The fourth-order valence-electron chi connectivity index (χ4n) is 6.85. The zero-order chi connectivity index (χ0) is 44.4. The number of halogens is 1. The maximum absolute atomic E-state index is 13.8. The van der Waals surface area contributed by atoms with Crippen LogP contribution in [0.15, 0.2) is 83.7 Å². The minimum atomic E-state index is -0.468. The molecule has 0 radical (unpaired) electrons. The molecular formula is C47H58ClN7O7. The number of aromatic nitrogens is 3. The molecular weight excluding hydrogens is 810 g/mol. The molecule has 2 aromatic heterocycles. The largest absolute Gasteiger partial charge is 0.491 e. The highest BCUT2D eigenvalue weighted by atomic mass is 35.5. The molecule has 1 atom stereocenters. The molecule has 1 unspecified atom stereocenters. The summed E-state index contributed by atoms with van der Waals surface area (Å²) in [5, 5.41) is 13.7. The summed E-state index contributed by atoms with van der Waals surface area (Å²) in [6.07, 6.45) is 2.87. The highest BCUT2D eigenvalue weighted by Crippen LogP contribution is 2.29. The summed E-state index contributed by atoms with van der Waals surface area (Å²) in [6, 6.07) is 23.5. The van der Waals surface area contributed by atoms with Crippen molar-refractivity contribution < 1.29 is 28.5 Å². The number of urea groups is 1. The summed E-state index contributed by atoms with van der Waals surface area (Å²) in [5.41, 5.74) is 4.74. The molecule has 14 nitrogen and oxygen atoms in total. The van der Waals surface area contributed by atoms with Gasteiger partial charge in [0.2, 0.25) is 0 Å². The lowest BCUT2D eigenvalue weighted by molar-refractivity contribution is -0.165. The van der Waals surface area contributed by atoms with Gasteiger partial charge in [0.15, 0.2) is 6.29 Å². The second-order valence-corrected chi connectivity index (χ2v) is 17.0. The van der Waals surface area contributed by atoms with Crippen molar-refractivity contribution in [3.8, 4) is 22.9 Å². The molecule has 15 heteroatoms. The van der Waals surface area contributed by atoms with E-state index in [-0.39, 0.29) is 41.5 Å². The Morgan fingerprint density at radius 3 is 2.47 bits per heavy atom. The van der Waals surface area contributed by atoms with Crippen molar-refractivity contribution in [3.05, 3.63) is 128 Å². The number of anilines is 1. The van der Waals surface area contributed by atoms with Crippen LogP contribution < -0.4 is 31.0 Å². The fourth-order valence-corrected chi connectivity index (χ4v) is 7.05. The number of benzene rings is 3. The number of amides is 3. The van der Waals surface area contributed by atoms with E-state index in [0.29, 0.717) is 54.8 Å². The molecule has 3 amide bonds. The summed E-state index contributed by atoms with van der Waals surface area (Å²) in [7, 11) is 3.87. The third kappa shape index (κ3) is 12.0. The lowest BCUT2D eigenvalue weighted by Crippen LogP contribution is -2.31. The van der Waals surface area contributed by atoms with Crippen molar-refractivity contribution >= 4 is 29.4 Å². The van der Waals surface area contributed by atoms with Crippen molar-refractivity contribution in [1.29, 1.82) is 0 Å². The minimum Gasteiger partial charge on any atom is -0.491 e. The zero-order valence-corrected chi connectivity index (χ0v) is 37.4. The Morgan fingerprint density at radius 1 is 0.935 bits per heavy atom. The van der Waals surface area contributed by atoms with Crippen LogP contribution in [0, 0.1) is 13.8 Å². The first-order valence-corrected chi connectivity index (χ1v) is 21.3. The van der Waals surface area contributed by atoms with Gasteiger partial charge in [-0.3, -0.25) is 19.5 Å². The van der Waals surface area contributed by atoms with Gasteiger partial charge in [-0.15, -0.1) is 0 Å². The van der Waals surface area contributed by atoms with Crippen molar-refractivity contribution in [2.45, 2.75) is 78.7 Å². The maximum Gasteiger partial charge on any atom is 0.320 e. The number of hydrogen-bond acceptors (Lipinski definition) is 9. The first-order chi connectivity index (χ1) is 29.7. The summed E-state index contributed by atoms with van der Waals surface area (Å²) in [6.45, 7) is 12.8. The average Bonchev–Trinajstić information content (AvgIpc) is 3.68. The van der Waals surface area contributed by atoms with Crippen LogP contribution in [0.3, 0.4) is 0 Å². The SMILES string of the molecule is Cc1ccc(C(=O)NCCN(C)C)cc1-n1c(C)cc(OCc2ccccc2CNC(=O)Nc2cc(C(C)(C)C)nn2-c2cccc(OCCOC3CCCCO3)c2)c(Cl)c1=O. The molecule has 3 aromatic carbocycles. The first-order valence-electron chi connectivity index (χ1n) is 21.0. The molecule has 0 spiro atoms. The van der Waals surface area contributed by atoms with Gasteiger partial charge in [-0.25, -0.2) is 9.48 Å². The van der Waals surface area contributed by atoms with E-state index in [0.717, 1.165) is 53.9 Å². The number of rotatable bonds is 17. The van der Waals surface area contributed by atoms with Gasteiger partial charge in [0.1, 0.15) is 35.6 Å². The Hall–Kier alpha value is -5.67. The smallest absolute Gasteiger partial charge is 0.320 e. The van der Waals surface area contributed by atoms with Crippen LogP contribution in [0.1, 0.15) is 78.5 Å². The molecule has 1 saturated heterocycles. The minimum absolute atomic E-state index is 0.0876. The van der Waals surface area contributed by atoms with E-state index in [4.69, 9.17) is 35.6 Å². The Balaban J connectivity index is 1.10. The van der Waals surface area contributed by atoms with Crippen molar-refractivity contribution in [2.75, 3.05) is 52.3 Å². The Bertz CT molecular complexity index is 2400. The van der Waals surface area contributed by atoms with Crippen LogP contribution in [-0.4, -0.2) is 84.5 Å². The van der Waals surface area contributed by atoms with E-state index in [1.54, 1.807) is 29.8 Å². The highest BCUT2D eigenvalue weighted by molar-refractivity contribution is 6.31. The Kier molecular flexibility index (Phi) is 15.5. The number of pyridine rings is 1. The first kappa shape index (κ1) is 45.8. The van der Waals surface area contributed by atoms with E-state index < -0.39 is 11.6 Å². The lowest BCUT2D eigenvalue weighted by Gasteiger charge is -2.22. The van der Waals surface area contributed by atoms with Crippen molar-refractivity contribution in [3.63, 3.8) is 0 Å². The van der Waals surface area contributed by atoms with E-state index in [2.05, 4.69) is 36.7 Å². The van der Waals surface area contributed by atoms with E-state index in [1.807, 2.05) is 86.6 Å². The van der Waals surface area contributed by atoms with Gasteiger partial charge in [0, 0.05) is 61.1 Å². The quantitative estimate of drug-likeness (QED) is 0.0800. The lowest BCUT2D eigenvalue weighted by atomic mass is 9.92. The average molecular weight is 868 g/mol. The second kappa shape index (κ2) is 20.9. The number of aryl methyl sites for hydroxylation is 2. The van der Waals surface area contributed by atoms with Crippen molar-refractivity contribution in [1.82, 2.24) is 29.9 Å². The summed E-state index contributed by atoms with van der Waals surface area (Å²) in [5.74, 6) is 1.13. The maximum atomic E-state index is 13.8. The number of likely N-dealkylation sites (N-methyl/N-ethyl adjacent to an activating group) is 1. The van der Waals surface area contributed by atoms with Crippen LogP contribution >= 0.6 is 11.6 Å². The van der Waals surface area contributed by atoms with Gasteiger partial charge in [-0.05, 0) is 88.2 Å². The molecule has 6 rings (SSSR count). The number of nitrogens with one attached hydrogen (secondary N) is 3. The van der Waals surface area contributed by atoms with E-state index >= 15 is 0 Å². The van der Waals surface area contributed by atoms with Gasteiger partial charge in [-0.2, -0.15) is 5.10 Å². The van der Waals surface area contributed by atoms with Crippen LogP contribution in [0.2, 0.25) is 5.02 Å². The number of ether oxygens (including phenoxy) is 4. The highest BCUT2D eigenvalue weighted by Gasteiger charge is 2.23. The van der Waals surface area contributed by atoms with Gasteiger partial charge < -0.3 is 34.5 Å². The topological polar surface area (TPSA) is 150 Å². The van der Waals surface area contributed by atoms with Gasteiger partial charge >= 0.3 is 6.03 Å². The zero-order valence-electron chi connectivity index (χ0n) is 36.7. The number of carbonyl (C=O) groups is 2.